The van der Waals surface area contributed by atoms with Gasteiger partial charge in [-0.3, -0.25) is 4.79 Å². The van der Waals surface area contributed by atoms with E-state index in [0.29, 0.717) is 23.8 Å². The molecule has 0 saturated heterocycles. The molecule has 5 nitrogen and oxygen atoms in total. The van der Waals surface area contributed by atoms with Crippen molar-refractivity contribution in [1.82, 2.24) is 10.3 Å². The molecule has 1 atom stereocenters. The summed E-state index contributed by atoms with van der Waals surface area (Å²) in [6.07, 6.45) is 3.65. The number of amides is 1. The molecule has 1 aromatic carbocycles. The maximum atomic E-state index is 12.3. The van der Waals surface area contributed by atoms with Gasteiger partial charge in [0.25, 0.3) is 0 Å². The van der Waals surface area contributed by atoms with Crippen LogP contribution in [0, 0.1) is 5.92 Å². The second-order valence-electron chi connectivity index (χ2n) is 7.18. The van der Waals surface area contributed by atoms with Gasteiger partial charge in [0, 0.05) is 17.0 Å². The maximum Gasteiger partial charge on any atom is 0.226 e. The predicted octanol–water partition coefficient (Wildman–Crippen LogP) is 4.70. The molecule has 2 rings (SSSR count). The molecule has 2 aromatic rings. The van der Waals surface area contributed by atoms with E-state index in [1.807, 2.05) is 23.6 Å². The second-order valence-corrected chi connectivity index (χ2v) is 8.04. The Morgan fingerprint density at radius 1 is 1.15 bits per heavy atom. The average molecular weight is 391 g/mol. The molecule has 0 aliphatic carbocycles. The minimum absolute atomic E-state index is 0.0243. The molecular weight excluding hydrogens is 360 g/mol. The molecule has 0 unspecified atom stereocenters. The lowest BCUT2D eigenvalue weighted by molar-refractivity contribution is -0.121. The number of hydrogen-bond donors (Lipinski definition) is 1. The van der Waals surface area contributed by atoms with Gasteiger partial charge in [-0.1, -0.05) is 26.7 Å². The fourth-order valence-electron chi connectivity index (χ4n) is 2.88. The Morgan fingerprint density at radius 2 is 1.89 bits per heavy atom. The molecule has 27 heavy (non-hydrogen) atoms. The smallest absolute Gasteiger partial charge is 0.226 e. The third kappa shape index (κ3) is 6.54. The van der Waals surface area contributed by atoms with E-state index in [1.54, 1.807) is 14.2 Å². The summed E-state index contributed by atoms with van der Waals surface area (Å²) in [4.78, 5) is 16.9. The number of thiazole rings is 1. The Bertz CT molecular complexity index is 743. The lowest BCUT2D eigenvalue weighted by Crippen LogP contribution is -2.33. The third-order valence-corrected chi connectivity index (χ3v) is 5.29. The maximum absolute atomic E-state index is 12.3. The van der Waals surface area contributed by atoms with Gasteiger partial charge in [-0.05, 0) is 37.5 Å². The number of carbonyl (C=O) groups excluding carboxylic acids is 1. The van der Waals surface area contributed by atoms with Crippen molar-refractivity contribution in [3.8, 4) is 22.1 Å². The highest BCUT2D eigenvalue weighted by molar-refractivity contribution is 7.13. The molecule has 0 spiro atoms. The van der Waals surface area contributed by atoms with Crippen molar-refractivity contribution in [3.63, 3.8) is 0 Å². The fraction of sp³-hybridized carbons (Fsp3) is 0.524. The van der Waals surface area contributed by atoms with Crippen LogP contribution in [-0.4, -0.2) is 31.2 Å². The highest BCUT2D eigenvalue weighted by atomic mass is 32.1. The quantitative estimate of drug-likeness (QED) is 0.639. The number of nitrogens with zero attached hydrogens (tertiary/aromatic N) is 1. The molecular formula is C21H30N2O3S. The van der Waals surface area contributed by atoms with E-state index in [0.717, 1.165) is 29.1 Å². The first-order chi connectivity index (χ1) is 12.9. The van der Waals surface area contributed by atoms with Crippen LogP contribution < -0.4 is 14.8 Å². The summed E-state index contributed by atoms with van der Waals surface area (Å²) >= 11 is 1.53. The lowest BCUT2D eigenvalue weighted by Gasteiger charge is -2.14. The Balaban J connectivity index is 1.93. The molecule has 1 amide bonds. The van der Waals surface area contributed by atoms with Gasteiger partial charge in [-0.15, -0.1) is 11.3 Å². The van der Waals surface area contributed by atoms with Crippen molar-refractivity contribution >= 4 is 17.2 Å². The summed E-state index contributed by atoms with van der Waals surface area (Å²) in [5.74, 6) is 2.08. The summed E-state index contributed by atoms with van der Waals surface area (Å²) < 4.78 is 10.6. The molecule has 6 heteroatoms. The van der Waals surface area contributed by atoms with Crippen molar-refractivity contribution in [3.05, 3.63) is 29.3 Å². The van der Waals surface area contributed by atoms with E-state index >= 15 is 0 Å². The zero-order chi connectivity index (χ0) is 19.8. The van der Waals surface area contributed by atoms with E-state index < -0.39 is 0 Å². The first kappa shape index (κ1) is 21.2. The van der Waals surface area contributed by atoms with Crippen molar-refractivity contribution in [2.75, 3.05) is 14.2 Å². The number of benzene rings is 1. The van der Waals surface area contributed by atoms with Crippen molar-refractivity contribution in [2.45, 2.75) is 52.5 Å². The number of hydrogen-bond acceptors (Lipinski definition) is 5. The molecule has 0 bridgehead atoms. The van der Waals surface area contributed by atoms with Gasteiger partial charge in [0.2, 0.25) is 5.91 Å². The van der Waals surface area contributed by atoms with Crippen molar-refractivity contribution in [1.29, 1.82) is 0 Å². The number of methoxy groups -OCH3 is 2. The van der Waals surface area contributed by atoms with Crippen LogP contribution in [0.3, 0.4) is 0 Å². The zero-order valence-electron chi connectivity index (χ0n) is 16.9. The summed E-state index contributed by atoms with van der Waals surface area (Å²) in [5.41, 5.74) is 1.74. The highest BCUT2D eigenvalue weighted by Gasteiger charge is 2.13. The van der Waals surface area contributed by atoms with Crippen molar-refractivity contribution < 1.29 is 14.3 Å². The fourth-order valence-corrected chi connectivity index (χ4v) is 3.70. The van der Waals surface area contributed by atoms with Gasteiger partial charge in [0.1, 0.15) is 5.01 Å². The normalized spacial score (nSPS) is 12.1. The molecule has 0 aliphatic rings. The van der Waals surface area contributed by atoms with Crippen LogP contribution in [0.25, 0.3) is 10.6 Å². The minimum Gasteiger partial charge on any atom is -0.493 e. The molecule has 148 valence electrons. The Labute approximate surface area is 166 Å². The van der Waals surface area contributed by atoms with Gasteiger partial charge in [-0.25, -0.2) is 4.98 Å². The van der Waals surface area contributed by atoms with E-state index in [1.165, 1.54) is 17.8 Å². The van der Waals surface area contributed by atoms with Crippen LogP contribution in [-0.2, 0) is 11.2 Å². The largest absolute Gasteiger partial charge is 0.493 e. The van der Waals surface area contributed by atoms with Crippen LogP contribution in [0.1, 0.15) is 45.7 Å². The summed E-state index contributed by atoms with van der Waals surface area (Å²) in [7, 11) is 3.23. The third-order valence-electron chi connectivity index (χ3n) is 4.35. The van der Waals surface area contributed by atoms with E-state index in [2.05, 4.69) is 31.1 Å². The van der Waals surface area contributed by atoms with Crippen molar-refractivity contribution in [2.24, 2.45) is 5.92 Å². The molecule has 0 radical (unpaired) electrons. The SMILES string of the molecule is COc1ccc(-c2nc(CC(=O)N[C@H](C)CCCC(C)C)cs2)cc1OC. The monoisotopic (exact) mass is 390 g/mol. The molecule has 1 aromatic heterocycles. The Morgan fingerprint density at radius 3 is 2.56 bits per heavy atom. The molecule has 0 saturated carbocycles. The standard InChI is InChI=1S/C21H30N2O3S/c1-14(2)7-6-8-15(3)22-20(24)12-17-13-27-21(23-17)16-9-10-18(25-4)19(11-16)26-5/h9-11,13-15H,6-8,12H2,1-5H3,(H,22,24)/t15-/m1/s1. The lowest BCUT2D eigenvalue weighted by atomic mass is 10.0. The number of rotatable bonds is 10. The van der Waals surface area contributed by atoms with Crippen LogP contribution in [0.2, 0.25) is 0 Å². The zero-order valence-corrected chi connectivity index (χ0v) is 17.7. The Kier molecular flexibility index (Phi) is 8.10. The number of nitrogens with one attached hydrogen (secondary N) is 1. The predicted molar refractivity (Wildman–Crippen MR) is 111 cm³/mol. The van der Waals surface area contributed by atoms with Crippen LogP contribution in [0.4, 0.5) is 0 Å². The number of ether oxygens (including phenoxy) is 2. The second kappa shape index (κ2) is 10.3. The molecule has 0 fully saturated rings. The van der Waals surface area contributed by atoms with Gasteiger partial charge in [-0.2, -0.15) is 0 Å². The topological polar surface area (TPSA) is 60.5 Å². The van der Waals surface area contributed by atoms with Gasteiger partial charge >= 0.3 is 0 Å². The van der Waals surface area contributed by atoms with Crippen LogP contribution in [0.15, 0.2) is 23.6 Å². The van der Waals surface area contributed by atoms with E-state index in [9.17, 15) is 4.79 Å². The molecule has 1 heterocycles. The van der Waals surface area contributed by atoms with Crippen LogP contribution >= 0.6 is 11.3 Å². The van der Waals surface area contributed by atoms with Crippen LogP contribution in [0.5, 0.6) is 11.5 Å². The summed E-state index contributed by atoms with van der Waals surface area (Å²) in [5, 5.41) is 5.88. The Hall–Kier alpha value is -2.08. The average Bonchev–Trinajstić information content (AvgIpc) is 3.08. The first-order valence-electron chi connectivity index (χ1n) is 9.39. The number of carbonyl (C=O) groups is 1. The minimum atomic E-state index is 0.0243. The summed E-state index contributed by atoms with van der Waals surface area (Å²) in [6.45, 7) is 6.51. The molecule has 0 aliphatic heterocycles. The molecule has 1 N–H and O–H groups in total. The van der Waals surface area contributed by atoms with Gasteiger partial charge in [0.05, 0.1) is 26.3 Å². The van der Waals surface area contributed by atoms with Gasteiger partial charge < -0.3 is 14.8 Å². The number of aromatic nitrogens is 1. The van der Waals surface area contributed by atoms with E-state index in [4.69, 9.17) is 9.47 Å². The highest BCUT2D eigenvalue weighted by Crippen LogP contribution is 2.33. The summed E-state index contributed by atoms with van der Waals surface area (Å²) in [6, 6.07) is 5.90. The van der Waals surface area contributed by atoms with Gasteiger partial charge in [0.15, 0.2) is 11.5 Å². The van der Waals surface area contributed by atoms with E-state index in [-0.39, 0.29) is 11.9 Å². The first-order valence-corrected chi connectivity index (χ1v) is 10.3.